The third-order valence-electron chi connectivity index (χ3n) is 6.29. The second-order valence-electron chi connectivity index (χ2n) is 8.74. The molecule has 36 heavy (non-hydrogen) atoms. The zero-order valence-corrected chi connectivity index (χ0v) is 20.6. The maximum absolute atomic E-state index is 14.0. The fourth-order valence-electron chi connectivity index (χ4n) is 4.61. The van der Waals surface area contributed by atoms with Crippen LogP contribution in [0.4, 0.5) is 10.1 Å². The highest BCUT2D eigenvalue weighted by Crippen LogP contribution is 2.39. The van der Waals surface area contributed by atoms with Crippen molar-refractivity contribution in [3.05, 3.63) is 114 Å². The second-order valence-corrected chi connectivity index (χ2v) is 9.13. The molecule has 2 N–H and O–H groups in total. The maximum Gasteiger partial charge on any atom is 0.226 e. The molecule has 3 heterocycles. The van der Waals surface area contributed by atoms with Crippen LogP contribution in [0.25, 0.3) is 5.69 Å². The van der Waals surface area contributed by atoms with Crippen LogP contribution >= 0.6 is 12.2 Å². The number of nitrogens with one attached hydrogen (secondary N) is 2. The Morgan fingerprint density at radius 2 is 1.92 bits per heavy atom. The number of anilines is 1. The summed E-state index contributed by atoms with van der Waals surface area (Å²) in [5, 5.41) is 6.63. The molecule has 2 atom stereocenters. The molecule has 6 nitrogen and oxygen atoms in total. The number of hydrogen-bond donors (Lipinski definition) is 2. The standard InChI is InChI=1S/C28H26FN5OS/c1-19-8-6-9-20(18-19)33-16-7-13-24(33)27-26(23-12-4-5-15-30-23)32-28(36)34(27)17-14-25(35)31-22-11-3-2-10-21(22)29/h2-13,15-16,18,26-27H,14,17H2,1H3,(H,31,35)(H,32,36)/t26-,27+/m0/s1. The minimum absolute atomic E-state index is 0.146. The van der Waals surface area contributed by atoms with E-state index in [1.54, 1.807) is 24.4 Å². The number of amides is 1. The lowest BCUT2D eigenvalue weighted by Crippen LogP contribution is -2.33. The average molecular weight is 500 g/mol. The van der Waals surface area contributed by atoms with Crippen molar-refractivity contribution in [2.45, 2.75) is 25.4 Å². The van der Waals surface area contributed by atoms with Gasteiger partial charge in [-0.3, -0.25) is 9.78 Å². The van der Waals surface area contributed by atoms with Gasteiger partial charge in [-0.2, -0.15) is 0 Å². The van der Waals surface area contributed by atoms with Crippen LogP contribution in [0.15, 0.2) is 91.3 Å². The van der Waals surface area contributed by atoms with Crippen LogP contribution in [-0.2, 0) is 4.79 Å². The third kappa shape index (κ3) is 4.85. The monoisotopic (exact) mass is 499 g/mol. The summed E-state index contributed by atoms with van der Waals surface area (Å²) in [6, 6.07) is 23.9. The van der Waals surface area contributed by atoms with E-state index in [1.165, 1.54) is 6.07 Å². The Kier molecular flexibility index (Phi) is 6.77. The van der Waals surface area contributed by atoms with E-state index in [-0.39, 0.29) is 30.1 Å². The van der Waals surface area contributed by atoms with E-state index in [0.29, 0.717) is 11.7 Å². The Morgan fingerprint density at radius 3 is 2.69 bits per heavy atom. The summed E-state index contributed by atoms with van der Waals surface area (Å²) in [5.74, 6) is -0.745. The SMILES string of the molecule is Cc1cccc(-n2cccc2[C@@H]2[C@H](c3ccccn3)NC(=S)N2CCC(=O)Nc2ccccc2F)c1. The number of carbonyl (C=O) groups excluding carboxylic acids is 1. The molecule has 1 aliphatic heterocycles. The molecule has 4 aromatic rings. The van der Waals surface area contributed by atoms with Gasteiger partial charge in [-0.25, -0.2) is 4.39 Å². The Labute approximate surface area is 214 Å². The second kappa shape index (κ2) is 10.3. The van der Waals surface area contributed by atoms with E-state index in [1.807, 2.05) is 41.4 Å². The van der Waals surface area contributed by atoms with Crippen molar-refractivity contribution in [1.82, 2.24) is 19.8 Å². The van der Waals surface area contributed by atoms with Crippen molar-refractivity contribution in [1.29, 1.82) is 0 Å². The van der Waals surface area contributed by atoms with Crippen molar-refractivity contribution in [3.63, 3.8) is 0 Å². The zero-order chi connectivity index (χ0) is 25.1. The molecule has 5 rings (SSSR count). The van der Waals surface area contributed by atoms with Crippen LogP contribution in [0.2, 0.25) is 0 Å². The summed E-state index contributed by atoms with van der Waals surface area (Å²) < 4.78 is 16.2. The van der Waals surface area contributed by atoms with Gasteiger partial charge in [0.1, 0.15) is 5.82 Å². The highest BCUT2D eigenvalue weighted by molar-refractivity contribution is 7.80. The molecule has 0 aliphatic carbocycles. The minimum atomic E-state index is -0.465. The fraction of sp³-hybridized carbons (Fsp3) is 0.179. The number of rotatable bonds is 7. The highest BCUT2D eigenvalue weighted by atomic mass is 32.1. The first-order valence-electron chi connectivity index (χ1n) is 11.8. The number of benzene rings is 2. The molecule has 0 radical (unpaired) electrons. The number of hydrogen-bond acceptors (Lipinski definition) is 3. The molecule has 0 unspecified atom stereocenters. The quantitative estimate of drug-likeness (QED) is 0.337. The molecule has 182 valence electrons. The Morgan fingerprint density at radius 1 is 1.08 bits per heavy atom. The van der Waals surface area contributed by atoms with Crippen LogP contribution < -0.4 is 10.6 Å². The smallest absolute Gasteiger partial charge is 0.226 e. The number of carbonyl (C=O) groups is 1. The van der Waals surface area contributed by atoms with Crippen LogP contribution in [0.5, 0.6) is 0 Å². The van der Waals surface area contributed by atoms with Crippen molar-refractivity contribution >= 4 is 28.9 Å². The largest absolute Gasteiger partial charge is 0.352 e. The van der Waals surface area contributed by atoms with Crippen LogP contribution in [-0.4, -0.2) is 32.0 Å². The van der Waals surface area contributed by atoms with Crippen LogP contribution in [0.3, 0.4) is 0 Å². The summed E-state index contributed by atoms with van der Waals surface area (Å²) in [6.07, 6.45) is 3.94. The molecule has 1 aliphatic rings. The van der Waals surface area contributed by atoms with Crippen LogP contribution in [0, 0.1) is 12.7 Å². The van der Waals surface area contributed by atoms with Gasteiger partial charge in [0.2, 0.25) is 5.91 Å². The highest BCUT2D eigenvalue weighted by Gasteiger charge is 2.41. The van der Waals surface area contributed by atoms with E-state index < -0.39 is 5.82 Å². The summed E-state index contributed by atoms with van der Waals surface area (Å²) in [6.45, 7) is 2.43. The topological polar surface area (TPSA) is 62.2 Å². The van der Waals surface area contributed by atoms with E-state index >= 15 is 0 Å². The average Bonchev–Trinajstić information content (AvgIpc) is 3.49. The van der Waals surface area contributed by atoms with Gasteiger partial charge in [0.05, 0.1) is 23.5 Å². The zero-order valence-electron chi connectivity index (χ0n) is 19.8. The van der Waals surface area contributed by atoms with Gasteiger partial charge in [-0.05, 0) is 73.2 Å². The van der Waals surface area contributed by atoms with E-state index in [4.69, 9.17) is 12.2 Å². The van der Waals surface area contributed by atoms with Gasteiger partial charge < -0.3 is 20.1 Å². The molecule has 2 aromatic carbocycles. The number of nitrogens with zero attached hydrogens (tertiary/aromatic N) is 3. The molecule has 0 bridgehead atoms. The normalized spacial score (nSPS) is 17.2. The first kappa shape index (κ1) is 23.7. The van der Waals surface area contributed by atoms with Gasteiger partial charge in [-0.1, -0.05) is 30.3 Å². The molecule has 1 fully saturated rings. The first-order chi connectivity index (χ1) is 17.5. The lowest BCUT2D eigenvalue weighted by molar-refractivity contribution is -0.116. The van der Waals surface area contributed by atoms with Gasteiger partial charge in [-0.15, -0.1) is 0 Å². The van der Waals surface area contributed by atoms with Gasteiger partial charge in [0, 0.05) is 36.7 Å². The number of halogens is 1. The molecule has 1 amide bonds. The maximum atomic E-state index is 14.0. The predicted octanol–water partition coefficient (Wildman–Crippen LogP) is 5.32. The van der Waals surface area contributed by atoms with Crippen molar-refractivity contribution in [2.75, 3.05) is 11.9 Å². The van der Waals surface area contributed by atoms with Gasteiger partial charge in [0.15, 0.2) is 5.11 Å². The Bertz CT molecular complexity index is 1390. The summed E-state index contributed by atoms with van der Waals surface area (Å²) in [4.78, 5) is 19.3. The Balaban J connectivity index is 1.45. The molecule has 0 spiro atoms. The van der Waals surface area contributed by atoms with Crippen molar-refractivity contribution in [2.24, 2.45) is 0 Å². The van der Waals surface area contributed by atoms with Crippen LogP contribution in [0.1, 0.15) is 35.5 Å². The third-order valence-corrected chi connectivity index (χ3v) is 6.64. The molecule has 0 saturated carbocycles. The number of aromatic nitrogens is 2. The molecule has 8 heteroatoms. The number of thiocarbonyl (C=S) groups is 1. The fourth-order valence-corrected chi connectivity index (χ4v) is 4.95. The van der Waals surface area contributed by atoms with Gasteiger partial charge >= 0.3 is 0 Å². The predicted molar refractivity (Wildman–Crippen MR) is 142 cm³/mol. The Hall–Kier alpha value is -4.04. The van der Waals surface area contributed by atoms with Crippen molar-refractivity contribution < 1.29 is 9.18 Å². The number of pyridine rings is 1. The molecule has 1 saturated heterocycles. The summed E-state index contributed by atoms with van der Waals surface area (Å²) in [5.41, 5.74) is 4.26. The molecular formula is C28H26FN5OS. The lowest BCUT2D eigenvalue weighted by Gasteiger charge is -2.29. The molecule has 2 aromatic heterocycles. The lowest BCUT2D eigenvalue weighted by atomic mass is 10.0. The minimum Gasteiger partial charge on any atom is -0.352 e. The van der Waals surface area contributed by atoms with E-state index in [9.17, 15) is 9.18 Å². The van der Waals surface area contributed by atoms with Crippen molar-refractivity contribution in [3.8, 4) is 5.69 Å². The summed E-state index contributed by atoms with van der Waals surface area (Å²) in [7, 11) is 0. The van der Waals surface area contributed by atoms with E-state index in [2.05, 4.69) is 51.4 Å². The van der Waals surface area contributed by atoms with Gasteiger partial charge in [0.25, 0.3) is 0 Å². The summed E-state index contributed by atoms with van der Waals surface area (Å²) >= 11 is 5.74. The molecular weight excluding hydrogens is 473 g/mol. The first-order valence-corrected chi connectivity index (χ1v) is 12.2. The van der Waals surface area contributed by atoms with E-state index in [0.717, 1.165) is 22.6 Å². The number of para-hydroxylation sites is 1. The number of aryl methyl sites for hydroxylation is 1.